The normalized spacial score (nSPS) is 16.8. The molecule has 5 rings (SSSR count). The lowest BCUT2D eigenvalue weighted by atomic mass is 9.83. The van der Waals surface area contributed by atoms with Crippen LogP contribution in [0.3, 0.4) is 0 Å². The molecule has 1 unspecified atom stereocenters. The molecule has 0 aliphatic heterocycles. The van der Waals surface area contributed by atoms with Crippen LogP contribution in [0.25, 0.3) is 0 Å². The van der Waals surface area contributed by atoms with Crippen molar-refractivity contribution in [2.75, 3.05) is 7.11 Å². The van der Waals surface area contributed by atoms with Gasteiger partial charge in [-0.25, -0.2) is 4.98 Å². The summed E-state index contributed by atoms with van der Waals surface area (Å²) in [6.07, 6.45) is 7.26. The Labute approximate surface area is 189 Å². The van der Waals surface area contributed by atoms with E-state index in [1.807, 2.05) is 48.7 Å². The van der Waals surface area contributed by atoms with E-state index in [0.717, 1.165) is 48.3 Å². The average molecular weight is 431 g/mol. The van der Waals surface area contributed by atoms with Crippen molar-refractivity contribution in [1.82, 2.24) is 9.55 Å². The number of rotatable bonds is 10. The third-order valence-electron chi connectivity index (χ3n) is 6.88. The maximum atomic E-state index is 12.6. The highest BCUT2D eigenvalue weighted by atomic mass is 16.5. The summed E-state index contributed by atoms with van der Waals surface area (Å²) in [6, 6.07) is 18.2. The van der Waals surface area contributed by atoms with Crippen LogP contribution in [0.15, 0.2) is 60.8 Å². The molecule has 166 valence electrons. The van der Waals surface area contributed by atoms with E-state index in [1.54, 1.807) is 7.11 Å². The van der Waals surface area contributed by atoms with Gasteiger partial charge in [-0.15, -0.1) is 0 Å². The van der Waals surface area contributed by atoms with Crippen molar-refractivity contribution in [2.24, 2.45) is 17.8 Å². The predicted octanol–water partition coefficient (Wildman–Crippen LogP) is 5.14. The molecule has 0 bridgehead atoms. The zero-order valence-corrected chi connectivity index (χ0v) is 18.5. The number of carbonyl (C=O) groups is 1. The fourth-order valence-corrected chi connectivity index (χ4v) is 5.11. The van der Waals surface area contributed by atoms with Crippen LogP contribution in [-0.4, -0.2) is 27.7 Å². The molecule has 2 aliphatic rings. The van der Waals surface area contributed by atoms with Gasteiger partial charge in [-0.05, 0) is 55.1 Å². The van der Waals surface area contributed by atoms with E-state index in [-0.39, 0.29) is 5.92 Å². The summed E-state index contributed by atoms with van der Waals surface area (Å²) in [6.45, 7) is 0.626. The molecule has 2 saturated carbocycles. The van der Waals surface area contributed by atoms with Gasteiger partial charge in [0, 0.05) is 24.7 Å². The lowest BCUT2D eigenvalue weighted by molar-refractivity contribution is -0.141. The standard InChI is InChI=1S/C27H30N2O3/c1-32-23-10-6-5-9-21(23)15-22-17-29(16-18-7-3-2-4-8-18)26(28-22)25(27(30)31)24(19-11-12-19)20-13-14-20/h2-10,17,19-20,24-25H,11-16H2,1H3,(H,30,31). The minimum atomic E-state index is -0.738. The van der Waals surface area contributed by atoms with Gasteiger partial charge >= 0.3 is 5.97 Å². The summed E-state index contributed by atoms with van der Waals surface area (Å²) in [7, 11) is 1.68. The number of ether oxygens (including phenoxy) is 1. The Morgan fingerprint density at radius 3 is 2.34 bits per heavy atom. The van der Waals surface area contributed by atoms with Gasteiger partial charge in [-0.3, -0.25) is 4.79 Å². The highest BCUT2D eigenvalue weighted by Gasteiger charge is 2.49. The third kappa shape index (κ3) is 4.43. The monoisotopic (exact) mass is 430 g/mol. The molecule has 2 aliphatic carbocycles. The Bertz CT molecular complexity index is 1070. The van der Waals surface area contributed by atoms with Gasteiger partial charge in [0.05, 0.1) is 12.8 Å². The smallest absolute Gasteiger partial charge is 0.314 e. The van der Waals surface area contributed by atoms with Crippen LogP contribution in [-0.2, 0) is 17.8 Å². The van der Waals surface area contributed by atoms with Crippen LogP contribution in [0.2, 0.25) is 0 Å². The zero-order chi connectivity index (χ0) is 22.1. The average Bonchev–Trinajstić information content (AvgIpc) is 3.73. The number of para-hydroxylation sites is 1. The quantitative estimate of drug-likeness (QED) is 0.484. The number of carboxylic acids is 1. The maximum Gasteiger partial charge on any atom is 0.314 e. The predicted molar refractivity (Wildman–Crippen MR) is 123 cm³/mol. The van der Waals surface area contributed by atoms with Crippen LogP contribution >= 0.6 is 0 Å². The second-order valence-corrected chi connectivity index (χ2v) is 9.26. The minimum Gasteiger partial charge on any atom is -0.496 e. The Morgan fingerprint density at radius 1 is 1.06 bits per heavy atom. The number of methoxy groups -OCH3 is 1. The number of carboxylic acid groups (broad SMARTS) is 1. The summed E-state index contributed by atoms with van der Waals surface area (Å²) in [5, 5.41) is 10.3. The zero-order valence-electron chi connectivity index (χ0n) is 18.5. The van der Waals surface area contributed by atoms with Crippen molar-refractivity contribution in [3.8, 4) is 5.75 Å². The van der Waals surface area contributed by atoms with E-state index in [0.29, 0.717) is 30.6 Å². The Morgan fingerprint density at radius 2 is 1.72 bits per heavy atom. The van der Waals surface area contributed by atoms with Gasteiger partial charge in [0.2, 0.25) is 0 Å². The Hall–Kier alpha value is -3.08. The number of nitrogens with zero attached hydrogens (tertiary/aromatic N) is 2. The first-order valence-electron chi connectivity index (χ1n) is 11.6. The summed E-state index contributed by atoms with van der Waals surface area (Å²) < 4.78 is 7.60. The van der Waals surface area contributed by atoms with Crippen LogP contribution in [0, 0.1) is 17.8 Å². The van der Waals surface area contributed by atoms with Gasteiger partial charge in [0.15, 0.2) is 0 Å². The summed E-state index contributed by atoms with van der Waals surface area (Å²) in [5.74, 6) is 1.50. The van der Waals surface area contributed by atoms with Crippen LogP contribution < -0.4 is 4.74 Å². The van der Waals surface area contributed by atoms with Crippen LogP contribution in [0.5, 0.6) is 5.75 Å². The van der Waals surface area contributed by atoms with E-state index >= 15 is 0 Å². The first-order valence-corrected chi connectivity index (χ1v) is 11.6. The fraction of sp³-hybridized carbons (Fsp3) is 0.407. The molecule has 0 spiro atoms. The number of hydrogen-bond acceptors (Lipinski definition) is 3. The number of benzene rings is 2. The second-order valence-electron chi connectivity index (χ2n) is 9.26. The van der Waals surface area contributed by atoms with Crippen molar-refractivity contribution < 1.29 is 14.6 Å². The van der Waals surface area contributed by atoms with Crippen molar-refractivity contribution in [2.45, 2.75) is 44.6 Å². The van der Waals surface area contributed by atoms with E-state index in [4.69, 9.17) is 9.72 Å². The van der Waals surface area contributed by atoms with Crippen molar-refractivity contribution in [3.63, 3.8) is 0 Å². The third-order valence-corrected chi connectivity index (χ3v) is 6.88. The van der Waals surface area contributed by atoms with Crippen LogP contribution in [0.1, 0.15) is 54.2 Å². The number of aromatic nitrogens is 2. The van der Waals surface area contributed by atoms with Gasteiger partial charge in [-0.1, -0.05) is 48.5 Å². The lowest BCUT2D eigenvalue weighted by Crippen LogP contribution is -2.28. The molecule has 0 amide bonds. The molecule has 5 heteroatoms. The van der Waals surface area contributed by atoms with Crippen molar-refractivity contribution >= 4 is 5.97 Å². The molecular formula is C27H30N2O3. The van der Waals surface area contributed by atoms with E-state index in [9.17, 15) is 9.90 Å². The summed E-state index contributed by atoms with van der Waals surface area (Å²) in [5.41, 5.74) is 3.09. The number of imidazole rings is 1. The SMILES string of the molecule is COc1ccccc1Cc1cn(Cc2ccccc2)c(C(C(=O)O)C(C2CC2)C2CC2)n1. The van der Waals surface area contributed by atoms with Crippen molar-refractivity contribution in [1.29, 1.82) is 0 Å². The molecular weight excluding hydrogens is 400 g/mol. The van der Waals surface area contributed by atoms with Crippen molar-refractivity contribution in [3.05, 3.63) is 83.4 Å². The van der Waals surface area contributed by atoms with Gasteiger partial charge in [0.25, 0.3) is 0 Å². The number of aliphatic carboxylic acids is 1. The lowest BCUT2D eigenvalue weighted by Gasteiger charge is -2.24. The molecule has 2 aromatic carbocycles. The largest absolute Gasteiger partial charge is 0.496 e. The second kappa shape index (κ2) is 8.81. The Kier molecular flexibility index (Phi) is 5.73. The number of hydrogen-bond donors (Lipinski definition) is 1. The molecule has 32 heavy (non-hydrogen) atoms. The first-order chi connectivity index (χ1) is 15.6. The molecule has 3 aromatic rings. The highest BCUT2D eigenvalue weighted by Crippen LogP contribution is 2.54. The molecule has 0 radical (unpaired) electrons. The molecule has 1 N–H and O–H groups in total. The maximum absolute atomic E-state index is 12.6. The molecule has 5 nitrogen and oxygen atoms in total. The molecule has 0 saturated heterocycles. The topological polar surface area (TPSA) is 64.3 Å². The summed E-state index contributed by atoms with van der Waals surface area (Å²) >= 11 is 0. The van der Waals surface area contributed by atoms with Gasteiger partial charge in [-0.2, -0.15) is 0 Å². The van der Waals surface area contributed by atoms with E-state index in [1.165, 1.54) is 0 Å². The van der Waals surface area contributed by atoms with Gasteiger partial charge in [0.1, 0.15) is 17.5 Å². The minimum absolute atomic E-state index is 0.198. The fourth-order valence-electron chi connectivity index (χ4n) is 5.11. The molecule has 1 heterocycles. The Balaban J connectivity index is 1.53. The van der Waals surface area contributed by atoms with Gasteiger partial charge < -0.3 is 14.4 Å². The van der Waals surface area contributed by atoms with E-state index in [2.05, 4.69) is 16.7 Å². The van der Waals surface area contributed by atoms with E-state index < -0.39 is 11.9 Å². The van der Waals surface area contributed by atoms with Crippen LogP contribution in [0.4, 0.5) is 0 Å². The molecule has 1 atom stereocenters. The summed E-state index contributed by atoms with van der Waals surface area (Å²) in [4.78, 5) is 17.6. The molecule has 1 aromatic heterocycles. The first kappa shape index (κ1) is 20.8. The highest BCUT2D eigenvalue weighted by molar-refractivity contribution is 5.75. The molecule has 2 fully saturated rings.